The maximum atomic E-state index is 14.4. The van der Waals surface area contributed by atoms with E-state index < -0.39 is 75.3 Å². The molecular weight excluding hydrogens is 634 g/mol. The minimum absolute atomic E-state index is 0.0334. The van der Waals surface area contributed by atoms with Gasteiger partial charge in [-0.1, -0.05) is 25.1 Å². The van der Waals surface area contributed by atoms with E-state index in [1.807, 2.05) is 0 Å². The fourth-order valence-corrected chi connectivity index (χ4v) is 6.30. The molecule has 0 spiro atoms. The molecule has 3 rings (SSSR count). The van der Waals surface area contributed by atoms with Gasteiger partial charge >= 0.3 is 0 Å². The van der Waals surface area contributed by atoms with Crippen molar-refractivity contribution in [2.24, 2.45) is 22.9 Å². The molecule has 16 nitrogen and oxygen atoms in total. The van der Waals surface area contributed by atoms with E-state index >= 15 is 0 Å². The smallest absolute Gasteiger partial charge is 0.285 e. The molecule has 0 aromatic heterocycles. The van der Waals surface area contributed by atoms with Crippen molar-refractivity contribution in [1.82, 2.24) is 9.80 Å². The van der Waals surface area contributed by atoms with Crippen LogP contribution >= 0.6 is 0 Å². The average Bonchev–Trinajstić information content (AvgIpc) is 3.50. The van der Waals surface area contributed by atoms with Gasteiger partial charge in [-0.25, -0.2) is 4.90 Å². The zero-order valence-electron chi connectivity index (χ0n) is 26.0. The van der Waals surface area contributed by atoms with Crippen molar-refractivity contribution < 1.29 is 38.2 Å². The van der Waals surface area contributed by atoms with Gasteiger partial charge in [0.2, 0.25) is 11.8 Å². The predicted molar refractivity (Wildman–Crippen MR) is 170 cm³/mol. The van der Waals surface area contributed by atoms with Gasteiger partial charge in [-0.3, -0.25) is 38.3 Å². The molecule has 47 heavy (non-hydrogen) atoms. The number of benzene rings is 2. The second-order valence-electron chi connectivity index (χ2n) is 11.2. The van der Waals surface area contributed by atoms with Crippen LogP contribution in [0.5, 0.6) is 5.75 Å². The van der Waals surface area contributed by atoms with Gasteiger partial charge in [-0.2, -0.15) is 0 Å². The number of nitrogens with zero attached hydrogens (tertiary/aromatic N) is 3. The summed E-state index contributed by atoms with van der Waals surface area (Å²) in [5.74, 6) is -5.47. The molecule has 1 heterocycles. The molecule has 2 aromatic rings. The SMILES string of the molecule is CCC(N)C(=O)N(C(=O)CN)C(=O)[C@]1(C(=O)[C@@H](N)Cc2ccc(O)cc2)CCCN1C(=O)[C@@H](N)Cc1ccc([N+](=O)[O-])c(S(C)=O)c1. The molecule has 1 aliphatic heterocycles. The Kier molecular flexibility index (Phi) is 12.2. The van der Waals surface area contributed by atoms with Gasteiger partial charge in [0.1, 0.15) is 10.6 Å². The number of nitro benzene ring substituents is 1. The maximum Gasteiger partial charge on any atom is 0.285 e. The summed E-state index contributed by atoms with van der Waals surface area (Å²) in [6.07, 6.45) is 0.725. The van der Waals surface area contributed by atoms with Gasteiger partial charge in [0, 0.05) is 18.9 Å². The third kappa shape index (κ3) is 7.77. The van der Waals surface area contributed by atoms with E-state index in [1.54, 1.807) is 6.92 Å². The highest BCUT2D eigenvalue weighted by atomic mass is 32.2. The Labute approximate surface area is 273 Å². The van der Waals surface area contributed by atoms with Crippen LogP contribution in [0.15, 0.2) is 47.4 Å². The Bertz CT molecular complexity index is 1590. The van der Waals surface area contributed by atoms with Crippen molar-refractivity contribution >= 4 is 45.9 Å². The average molecular weight is 674 g/mol. The summed E-state index contributed by atoms with van der Waals surface area (Å²) < 4.78 is 12.2. The van der Waals surface area contributed by atoms with Gasteiger partial charge in [-0.15, -0.1) is 0 Å². The summed E-state index contributed by atoms with van der Waals surface area (Å²) >= 11 is 0. The quantitative estimate of drug-likeness (QED) is 0.0969. The van der Waals surface area contributed by atoms with E-state index in [0.717, 1.165) is 11.0 Å². The van der Waals surface area contributed by atoms with Crippen molar-refractivity contribution in [2.75, 3.05) is 19.3 Å². The molecule has 0 radical (unpaired) electrons. The van der Waals surface area contributed by atoms with Crippen molar-refractivity contribution in [3.63, 3.8) is 0 Å². The number of nitrogens with two attached hydrogens (primary N) is 4. The molecule has 0 bridgehead atoms. The Hall–Kier alpha value is -4.42. The normalized spacial score (nSPS) is 18.6. The number of phenols is 1. The summed E-state index contributed by atoms with van der Waals surface area (Å²) in [7, 11) is -1.75. The molecule has 1 saturated heterocycles. The second kappa shape index (κ2) is 15.4. The lowest BCUT2D eigenvalue weighted by atomic mass is 9.82. The van der Waals surface area contributed by atoms with Gasteiger partial charge in [-0.05, 0) is 61.4 Å². The molecule has 2 aromatic carbocycles. The standard InChI is InChI=1S/C30H39N7O9S/c1-3-20(32)28(42)36(25(39)16-31)29(43)30(26(40)21(33)13-17-5-8-19(38)9-6-17)11-4-12-35(30)27(41)22(34)14-18-7-10-23(37(44)45)24(15-18)47(2)46/h5-10,15,20-22,38H,3-4,11-14,16,31-34H2,1-2H3/t20?,21-,22-,30+,47?/m0/s1. The number of amides is 4. The van der Waals surface area contributed by atoms with Gasteiger partial charge < -0.3 is 32.9 Å². The third-order valence-corrected chi connectivity index (χ3v) is 8.99. The zero-order valence-corrected chi connectivity index (χ0v) is 26.8. The number of phenolic OH excluding ortho intramolecular Hbond substituents is 1. The number of ketones is 1. The molecule has 4 amide bonds. The highest BCUT2D eigenvalue weighted by Crippen LogP contribution is 2.35. The maximum absolute atomic E-state index is 14.4. The Morgan fingerprint density at radius 3 is 2.17 bits per heavy atom. The van der Waals surface area contributed by atoms with Crippen LogP contribution in [0, 0.1) is 10.1 Å². The molecule has 254 valence electrons. The van der Waals surface area contributed by atoms with Crippen LogP contribution in [-0.4, -0.2) is 96.5 Å². The van der Waals surface area contributed by atoms with Crippen LogP contribution in [0.25, 0.3) is 0 Å². The summed E-state index contributed by atoms with van der Waals surface area (Å²) in [6, 6.07) is 5.40. The van der Waals surface area contributed by atoms with E-state index in [4.69, 9.17) is 22.9 Å². The number of hydrogen-bond donors (Lipinski definition) is 5. The van der Waals surface area contributed by atoms with Crippen molar-refractivity contribution in [3.8, 4) is 5.75 Å². The lowest BCUT2D eigenvalue weighted by molar-refractivity contribution is -0.387. The first-order valence-electron chi connectivity index (χ1n) is 14.7. The van der Waals surface area contributed by atoms with Gasteiger partial charge in [0.05, 0.1) is 40.4 Å². The van der Waals surface area contributed by atoms with E-state index in [-0.39, 0.29) is 59.9 Å². The predicted octanol–water partition coefficient (Wildman–Crippen LogP) is -1.01. The minimum Gasteiger partial charge on any atom is -0.508 e. The molecule has 2 unspecified atom stereocenters. The number of imide groups is 3. The topological polar surface area (TPSA) is 276 Å². The number of Topliss-reactive ketones (excluding diaryl/α,β-unsaturated/α-hetero) is 1. The number of hydrogen-bond acceptors (Lipinski definition) is 13. The Morgan fingerprint density at radius 1 is 1.02 bits per heavy atom. The summed E-state index contributed by atoms with van der Waals surface area (Å²) in [5, 5.41) is 21.0. The number of aromatic hydroxyl groups is 1. The van der Waals surface area contributed by atoms with Crippen LogP contribution in [-0.2, 0) is 47.6 Å². The van der Waals surface area contributed by atoms with E-state index in [2.05, 4.69) is 0 Å². The molecule has 9 N–H and O–H groups in total. The van der Waals surface area contributed by atoms with E-state index in [0.29, 0.717) is 11.1 Å². The first-order valence-corrected chi connectivity index (χ1v) is 16.3. The highest BCUT2D eigenvalue weighted by molar-refractivity contribution is 7.84. The summed E-state index contributed by atoms with van der Waals surface area (Å²) in [6.45, 7) is 0.598. The molecule has 17 heteroatoms. The van der Waals surface area contributed by atoms with Gasteiger partial charge in [0.15, 0.2) is 11.3 Å². The second-order valence-corrected chi connectivity index (χ2v) is 12.6. The van der Waals surface area contributed by atoms with Crippen molar-refractivity contribution in [2.45, 2.75) is 67.6 Å². The number of likely N-dealkylation sites (tertiary alicyclic amines) is 1. The molecule has 1 aliphatic rings. The van der Waals surface area contributed by atoms with Crippen LogP contribution in [0.3, 0.4) is 0 Å². The first-order chi connectivity index (χ1) is 22.1. The van der Waals surface area contributed by atoms with E-state index in [1.165, 1.54) is 42.7 Å². The molecule has 0 saturated carbocycles. The fourth-order valence-electron chi connectivity index (χ4n) is 5.55. The number of carbonyl (C=O) groups is 5. The largest absolute Gasteiger partial charge is 0.508 e. The summed E-state index contributed by atoms with van der Waals surface area (Å²) in [4.78, 5) is 80.8. The van der Waals surface area contributed by atoms with E-state index in [9.17, 15) is 43.4 Å². The lowest BCUT2D eigenvalue weighted by Crippen LogP contribution is -2.70. The van der Waals surface area contributed by atoms with Crippen molar-refractivity contribution in [3.05, 3.63) is 63.7 Å². The molecule has 5 atom stereocenters. The van der Waals surface area contributed by atoms with Crippen LogP contribution < -0.4 is 22.9 Å². The minimum atomic E-state index is -2.44. The molecule has 1 fully saturated rings. The van der Waals surface area contributed by atoms with Crippen LogP contribution in [0.1, 0.15) is 37.3 Å². The first kappa shape index (κ1) is 37.0. The fraction of sp³-hybridized carbons (Fsp3) is 0.433. The van der Waals surface area contributed by atoms with Gasteiger partial charge in [0.25, 0.3) is 17.5 Å². The number of nitro groups is 1. The van der Waals surface area contributed by atoms with Crippen molar-refractivity contribution in [1.29, 1.82) is 0 Å². The number of carbonyl (C=O) groups excluding carboxylic acids is 5. The molecular formula is C30H39N7O9S. The Morgan fingerprint density at radius 2 is 1.62 bits per heavy atom. The third-order valence-electron chi connectivity index (χ3n) is 8.05. The van der Waals surface area contributed by atoms with Crippen LogP contribution in [0.4, 0.5) is 5.69 Å². The zero-order chi connectivity index (χ0) is 35.2. The van der Waals surface area contributed by atoms with Crippen LogP contribution in [0.2, 0.25) is 0 Å². The lowest BCUT2D eigenvalue weighted by Gasteiger charge is -2.40. The highest BCUT2D eigenvalue weighted by Gasteiger charge is 2.60. The monoisotopic (exact) mass is 673 g/mol. The number of rotatable bonds is 13. The summed E-state index contributed by atoms with van der Waals surface area (Å²) in [5.41, 5.74) is 22.1. The Balaban J connectivity index is 2.09. The molecule has 0 aliphatic carbocycles.